The molecule has 5 aromatic carbocycles. The summed E-state index contributed by atoms with van der Waals surface area (Å²) in [6, 6.07) is 46.2. The van der Waals surface area contributed by atoms with Gasteiger partial charge in [0.15, 0.2) is 0 Å². The van der Waals surface area contributed by atoms with E-state index in [-0.39, 0.29) is 36.5 Å². The minimum absolute atomic E-state index is 0.103. The highest BCUT2D eigenvalue weighted by molar-refractivity contribution is 8.00. The van der Waals surface area contributed by atoms with E-state index in [1.54, 1.807) is 11.8 Å². The van der Waals surface area contributed by atoms with Gasteiger partial charge in [-0.2, -0.15) is 0 Å². The number of rotatable bonds is 15. The van der Waals surface area contributed by atoms with E-state index in [2.05, 4.69) is 66.0 Å². The van der Waals surface area contributed by atoms with Crippen molar-refractivity contribution in [3.63, 3.8) is 0 Å². The molecule has 0 saturated carbocycles. The van der Waals surface area contributed by atoms with Crippen molar-refractivity contribution in [1.82, 2.24) is 5.32 Å². The third kappa shape index (κ3) is 7.70. The number of amides is 1. The Morgan fingerprint density at radius 2 is 1.17 bits per heavy atom. The summed E-state index contributed by atoms with van der Waals surface area (Å²) in [5.41, 5.74) is 7.67. The van der Waals surface area contributed by atoms with Gasteiger partial charge in [0, 0.05) is 11.7 Å². The van der Waals surface area contributed by atoms with Crippen LogP contribution in [0.4, 0.5) is 0 Å². The van der Waals surface area contributed by atoms with E-state index in [0.717, 1.165) is 38.9 Å². The van der Waals surface area contributed by atoms with Crippen LogP contribution < -0.4 is 5.32 Å². The van der Waals surface area contributed by atoms with E-state index < -0.39 is 28.6 Å². The highest BCUT2D eigenvalue weighted by Gasteiger charge is 2.40. The molecule has 0 saturated heterocycles. The van der Waals surface area contributed by atoms with Gasteiger partial charge in [0.2, 0.25) is 5.91 Å². The molecule has 7 heteroatoms. The summed E-state index contributed by atoms with van der Waals surface area (Å²) in [5.74, 6) is -2.19. The molecule has 5 aromatic rings. The van der Waals surface area contributed by atoms with Crippen molar-refractivity contribution in [2.24, 2.45) is 11.8 Å². The zero-order valence-corrected chi connectivity index (χ0v) is 30.7. The van der Waals surface area contributed by atoms with Crippen molar-refractivity contribution in [3.05, 3.63) is 167 Å². The van der Waals surface area contributed by atoms with Crippen LogP contribution in [-0.2, 0) is 28.6 Å². The van der Waals surface area contributed by atoms with Crippen molar-refractivity contribution >= 4 is 29.6 Å². The molecule has 0 aliphatic heterocycles. The fraction of sp³-hybridized carbons (Fsp3) is 0.267. The lowest BCUT2D eigenvalue weighted by Gasteiger charge is -2.36. The number of benzene rings is 5. The van der Waals surface area contributed by atoms with Gasteiger partial charge in [0.25, 0.3) is 0 Å². The summed E-state index contributed by atoms with van der Waals surface area (Å²) < 4.78 is 10.4. The molecule has 1 N–H and O–H groups in total. The summed E-state index contributed by atoms with van der Waals surface area (Å²) >= 11 is 1.60. The maximum Gasteiger partial charge on any atom is 0.328 e. The smallest absolute Gasteiger partial charge is 0.328 e. The first kappa shape index (κ1) is 36.6. The van der Waals surface area contributed by atoms with Crippen LogP contribution in [0.2, 0.25) is 0 Å². The molecule has 0 heterocycles. The third-order valence-electron chi connectivity index (χ3n) is 10.2. The van der Waals surface area contributed by atoms with Gasteiger partial charge >= 0.3 is 11.9 Å². The minimum atomic E-state index is -0.848. The topological polar surface area (TPSA) is 81.7 Å². The highest BCUT2D eigenvalue weighted by Crippen LogP contribution is 2.49. The quantitative estimate of drug-likeness (QED) is 0.0864. The summed E-state index contributed by atoms with van der Waals surface area (Å²) in [6.45, 7) is 4.03. The molecule has 1 aliphatic rings. The Morgan fingerprint density at radius 3 is 1.63 bits per heavy atom. The predicted octanol–water partition coefficient (Wildman–Crippen LogP) is 8.78. The average molecular weight is 712 g/mol. The largest absolute Gasteiger partial charge is 0.467 e. The van der Waals surface area contributed by atoms with Crippen LogP contribution in [-0.4, -0.2) is 43.4 Å². The number of esters is 2. The zero-order valence-electron chi connectivity index (χ0n) is 29.9. The van der Waals surface area contributed by atoms with Gasteiger partial charge < -0.3 is 14.8 Å². The van der Waals surface area contributed by atoms with Crippen molar-refractivity contribution in [2.75, 3.05) is 19.5 Å². The summed E-state index contributed by atoms with van der Waals surface area (Å²) in [6.07, 6.45) is 0.503. The van der Waals surface area contributed by atoms with E-state index in [1.807, 2.05) is 92.7 Å². The van der Waals surface area contributed by atoms with E-state index in [1.165, 1.54) is 7.11 Å². The molecule has 266 valence electrons. The summed E-state index contributed by atoms with van der Waals surface area (Å²) in [7, 11) is 1.32. The number of thioether (sulfide) groups is 1. The molecule has 0 radical (unpaired) electrons. The van der Waals surface area contributed by atoms with Crippen LogP contribution in [0.1, 0.15) is 60.4 Å². The van der Waals surface area contributed by atoms with Gasteiger partial charge in [-0.15, -0.1) is 11.8 Å². The molecule has 0 fully saturated rings. The number of hydrogen-bond acceptors (Lipinski definition) is 6. The molecule has 3 atom stereocenters. The molecule has 0 spiro atoms. The fourth-order valence-electron chi connectivity index (χ4n) is 7.16. The van der Waals surface area contributed by atoms with Crippen molar-refractivity contribution in [3.8, 4) is 11.1 Å². The lowest BCUT2D eigenvalue weighted by molar-refractivity contribution is -0.148. The van der Waals surface area contributed by atoms with Gasteiger partial charge in [-0.1, -0.05) is 160 Å². The van der Waals surface area contributed by atoms with E-state index in [0.29, 0.717) is 6.42 Å². The maximum atomic E-state index is 14.3. The van der Waals surface area contributed by atoms with Gasteiger partial charge in [0.05, 0.1) is 24.2 Å². The Hall–Kier alpha value is -5.14. The first-order chi connectivity index (χ1) is 25.4. The Balaban J connectivity index is 1.31. The minimum Gasteiger partial charge on any atom is -0.467 e. The van der Waals surface area contributed by atoms with Gasteiger partial charge in [-0.3, -0.25) is 9.59 Å². The molecule has 6 rings (SSSR count). The van der Waals surface area contributed by atoms with Crippen molar-refractivity contribution < 1.29 is 23.9 Å². The Bertz CT molecular complexity index is 1820. The van der Waals surface area contributed by atoms with Crippen molar-refractivity contribution in [1.29, 1.82) is 0 Å². The monoisotopic (exact) mass is 711 g/mol. The van der Waals surface area contributed by atoms with Crippen molar-refractivity contribution in [2.45, 2.75) is 43.4 Å². The van der Waals surface area contributed by atoms with E-state index >= 15 is 0 Å². The molecular formula is C45H45NO5S. The van der Waals surface area contributed by atoms with Crippen LogP contribution in [0.25, 0.3) is 11.1 Å². The number of carbonyl (C=O) groups is 3. The number of hydrogen-bond donors (Lipinski definition) is 1. The molecule has 0 unspecified atom stereocenters. The van der Waals surface area contributed by atoms with Gasteiger partial charge in [0.1, 0.15) is 12.6 Å². The Labute approximate surface area is 311 Å². The highest BCUT2D eigenvalue weighted by atomic mass is 32.2. The summed E-state index contributed by atoms with van der Waals surface area (Å²) in [5, 5.41) is 2.97. The molecule has 6 nitrogen and oxygen atoms in total. The average Bonchev–Trinajstić information content (AvgIpc) is 3.52. The number of methoxy groups -OCH3 is 1. The maximum absolute atomic E-state index is 14.3. The number of nitrogens with one attached hydrogen (secondary N) is 1. The first-order valence-corrected chi connectivity index (χ1v) is 18.9. The lowest BCUT2D eigenvalue weighted by atomic mass is 9.84. The van der Waals surface area contributed by atoms with Crippen LogP contribution in [0.15, 0.2) is 140 Å². The molecule has 1 aliphatic carbocycles. The fourth-order valence-corrected chi connectivity index (χ4v) is 8.79. The van der Waals surface area contributed by atoms with Crippen LogP contribution in [0.5, 0.6) is 0 Å². The van der Waals surface area contributed by atoms with E-state index in [9.17, 15) is 14.4 Å². The second-order valence-corrected chi connectivity index (χ2v) is 14.5. The molecule has 1 amide bonds. The normalized spacial score (nSPS) is 14.0. The predicted molar refractivity (Wildman–Crippen MR) is 208 cm³/mol. The molecule has 0 aromatic heterocycles. The number of fused-ring (bicyclic) bond motifs is 3. The second kappa shape index (κ2) is 16.9. The van der Waals surface area contributed by atoms with E-state index in [4.69, 9.17) is 9.47 Å². The Morgan fingerprint density at radius 1 is 0.712 bits per heavy atom. The SMILES string of the molecule is CC[C@H](C)[C@H](NC(=O)[C@H](CSC(c1ccccc1)(c1ccccc1)c1ccccc1)CC(=O)OCC1c2ccccc2-c2ccccc21)C(=O)OC. The van der Waals surface area contributed by atoms with Gasteiger partial charge in [-0.25, -0.2) is 4.79 Å². The zero-order chi connectivity index (χ0) is 36.5. The van der Waals surface area contributed by atoms with Crippen LogP contribution in [0, 0.1) is 11.8 Å². The third-order valence-corrected chi connectivity index (χ3v) is 11.9. The molecule has 52 heavy (non-hydrogen) atoms. The number of ether oxygens (including phenoxy) is 2. The molecular weight excluding hydrogens is 667 g/mol. The first-order valence-electron chi connectivity index (χ1n) is 17.9. The number of carbonyl (C=O) groups excluding carboxylic acids is 3. The molecule has 0 bridgehead atoms. The second-order valence-electron chi connectivity index (χ2n) is 13.3. The van der Waals surface area contributed by atoms with Crippen LogP contribution in [0.3, 0.4) is 0 Å². The van der Waals surface area contributed by atoms with Gasteiger partial charge in [-0.05, 0) is 44.9 Å². The van der Waals surface area contributed by atoms with Crippen LogP contribution >= 0.6 is 11.8 Å². The summed E-state index contributed by atoms with van der Waals surface area (Å²) in [4.78, 5) is 41.0. The Kier molecular flexibility index (Phi) is 11.9. The lowest BCUT2D eigenvalue weighted by Crippen LogP contribution is -2.48. The standard InChI is InChI=1S/C45H45NO5S/c1-4-31(2)42(44(49)50-3)46-43(48)32(28-41(47)51-29-40-38-26-16-14-24-36(38)37-25-15-17-27-39(37)40)30-52-45(33-18-8-5-9-19-33,34-20-10-6-11-21-34)35-22-12-7-13-23-35/h5-27,31-32,40,42H,4,28-30H2,1-3H3,(H,46,48)/t31-,32-,42-/m0/s1.